The Balaban J connectivity index is 1.91. The Morgan fingerprint density at radius 1 is 1.39 bits per heavy atom. The summed E-state index contributed by atoms with van der Waals surface area (Å²) >= 11 is 1.66. The summed E-state index contributed by atoms with van der Waals surface area (Å²) in [5.74, 6) is 1.52. The Labute approximate surface area is 141 Å². The fraction of sp³-hybridized carbons (Fsp3) is 0.438. The summed E-state index contributed by atoms with van der Waals surface area (Å²) in [5, 5.41) is 10.2. The molecule has 6 nitrogen and oxygen atoms in total. The van der Waals surface area contributed by atoms with E-state index in [1.54, 1.807) is 18.4 Å². The Morgan fingerprint density at radius 3 is 2.74 bits per heavy atom. The van der Waals surface area contributed by atoms with E-state index >= 15 is 0 Å². The molecule has 0 aliphatic carbocycles. The van der Waals surface area contributed by atoms with Crippen LogP contribution in [-0.2, 0) is 0 Å². The number of thiophene rings is 1. The van der Waals surface area contributed by atoms with E-state index in [1.807, 2.05) is 29.7 Å². The molecule has 2 heterocycles. The van der Waals surface area contributed by atoms with Crippen molar-refractivity contribution in [2.75, 3.05) is 40.3 Å². The molecule has 1 aromatic rings. The van der Waals surface area contributed by atoms with Crippen molar-refractivity contribution in [1.82, 2.24) is 9.80 Å². The molecule has 0 aromatic carbocycles. The van der Waals surface area contributed by atoms with Gasteiger partial charge in [-0.25, -0.2) is 4.99 Å². The van der Waals surface area contributed by atoms with E-state index in [9.17, 15) is 0 Å². The molecular formula is C16H24N6S. The van der Waals surface area contributed by atoms with E-state index in [2.05, 4.69) is 26.8 Å². The predicted octanol–water partition coefficient (Wildman–Crippen LogP) is 1.76. The quantitative estimate of drug-likeness (QED) is 0.651. The standard InChI is InChI=1S/C16H24N6S/c1-19-16(6-5-13-4-3-11-23-13)20-14(17)12-15(18)22-9-7-21(2)8-10-22/h3-6,11,18H,7-10,12H2,1-2H3,(H2,17,19,20)/b6-5+,18-15?. The summed E-state index contributed by atoms with van der Waals surface area (Å²) in [7, 11) is 3.79. The van der Waals surface area contributed by atoms with Crippen molar-refractivity contribution >= 4 is 34.9 Å². The van der Waals surface area contributed by atoms with Gasteiger partial charge in [0.25, 0.3) is 0 Å². The highest BCUT2D eigenvalue weighted by atomic mass is 32.1. The lowest BCUT2D eigenvalue weighted by atomic mass is 10.2. The van der Waals surface area contributed by atoms with Crippen molar-refractivity contribution in [3.8, 4) is 0 Å². The fourth-order valence-electron chi connectivity index (χ4n) is 2.25. The minimum Gasteiger partial charge on any atom is -0.387 e. The van der Waals surface area contributed by atoms with Crippen molar-refractivity contribution in [2.24, 2.45) is 15.7 Å². The number of aliphatic imine (C=N–C) groups is 2. The second kappa shape index (κ2) is 8.59. The molecule has 0 amide bonds. The zero-order chi connectivity index (χ0) is 16.7. The van der Waals surface area contributed by atoms with Crippen molar-refractivity contribution in [3.05, 3.63) is 28.5 Å². The number of hydrogen-bond donors (Lipinski definition) is 2. The topological polar surface area (TPSA) is 81.1 Å². The lowest BCUT2D eigenvalue weighted by Gasteiger charge is -2.34. The van der Waals surface area contributed by atoms with Gasteiger partial charge in [-0.3, -0.25) is 10.4 Å². The summed E-state index contributed by atoms with van der Waals surface area (Å²) < 4.78 is 0. The number of nitrogens with two attached hydrogens (primary N) is 1. The van der Waals surface area contributed by atoms with Crippen LogP contribution in [0.15, 0.2) is 33.6 Å². The van der Waals surface area contributed by atoms with Gasteiger partial charge in [0.1, 0.15) is 17.5 Å². The van der Waals surface area contributed by atoms with Crippen LogP contribution >= 0.6 is 11.3 Å². The predicted molar refractivity (Wildman–Crippen MR) is 99.7 cm³/mol. The summed E-state index contributed by atoms with van der Waals surface area (Å²) in [4.78, 5) is 13.9. The van der Waals surface area contributed by atoms with E-state index in [0.717, 1.165) is 31.1 Å². The molecule has 1 fully saturated rings. The van der Waals surface area contributed by atoms with Gasteiger partial charge in [-0.15, -0.1) is 11.3 Å². The molecular weight excluding hydrogens is 308 g/mol. The average molecular weight is 332 g/mol. The largest absolute Gasteiger partial charge is 0.387 e. The van der Waals surface area contributed by atoms with Crippen molar-refractivity contribution in [1.29, 1.82) is 5.41 Å². The minimum absolute atomic E-state index is 0.357. The number of nitrogens with one attached hydrogen (secondary N) is 1. The summed E-state index contributed by atoms with van der Waals surface area (Å²) in [6, 6.07) is 4.03. The van der Waals surface area contributed by atoms with E-state index < -0.39 is 0 Å². The zero-order valence-electron chi connectivity index (χ0n) is 13.7. The van der Waals surface area contributed by atoms with E-state index in [0.29, 0.717) is 23.9 Å². The van der Waals surface area contributed by atoms with Crippen LogP contribution in [0.5, 0.6) is 0 Å². The van der Waals surface area contributed by atoms with E-state index in [4.69, 9.17) is 11.1 Å². The molecule has 0 spiro atoms. The number of piperazine rings is 1. The van der Waals surface area contributed by atoms with Crippen molar-refractivity contribution in [3.63, 3.8) is 0 Å². The summed E-state index contributed by atoms with van der Waals surface area (Å²) in [5.41, 5.74) is 5.99. The third-order valence-corrected chi connectivity index (χ3v) is 4.50. The molecule has 0 radical (unpaired) electrons. The van der Waals surface area contributed by atoms with Gasteiger partial charge in [0.05, 0.1) is 6.42 Å². The molecule has 124 valence electrons. The lowest BCUT2D eigenvalue weighted by molar-refractivity contribution is 0.213. The summed E-state index contributed by atoms with van der Waals surface area (Å²) in [6.45, 7) is 3.69. The van der Waals surface area contributed by atoms with Gasteiger partial charge in [0.2, 0.25) is 0 Å². The average Bonchev–Trinajstić information content (AvgIpc) is 3.05. The first-order chi connectivity index (χ1) is 11.1. The maximum Gasteiger partial charge on any atom is 0.149 e. The Bertz CT molecular complexity index is 594. The maximum absolute atomic E-state index is 8.19. The van der Waals surface area contributed by atoms with Gasteiger partial charge < -0.3 is 15.5 Å². The van der Waals surface area contributed by atoms with Crippen LogP contribution in [0.3, 0.4) is 0 Å². The van der Waals surface area contributed by atoms with Gasteiger partial charge >= 0.3 is 0 Å². The van der Waals surface area contributed by atoms with Crippen LogP contribution in [0.25, 0.3) is 6.08 Å². The van der Waals surface area contributed by atoms with Gasteiger partial charge in [-0.05, 0) is 30.6 Å². The highest BCUT2D eigenvalue weighted by Crippen LogP contribution is 2.10. The first kappa shape index (κ1) is 17.4. The number of amidine groups is 3. The third-order valence-electron chi connectivity index (χ3n) is 3.66. The van der Waals surface area contributed by atoms with Gasteiger partial charge in [-0.1, -0.05) is 6.07 Å². The number of rotatable bonds is 4. The first-order valence-electron chi connectivity index (χ1n) is 7.61. The van der Waals surface area contributed by atoms with Crippen LogP contribution in [0.1, 0.15) is 11.3 Å². The van der Waals surface area contributed by atoms with Crippen LogP contribution in [0.2, 0.25) is 0 Å². The second-order valence-electron chi connectivity index (χ2n) is 5.45. The zero-order valence-corrected chi connectivity index (χ0v) is 14.5. The molecule has 1 aliphatic heterocycles. The monoisotopic (exact) mass is 332 g/mol. The Kier molecular flexibility index (Phi) is 6.49. The van der Waals surface area contributed by atoms with Crippen LogP contribution < -0.4 is 5.73 Å². The van der Waals surface area contributed by atoms with Crippen molar-refractivity contribution in [2.45, 2.75) is 6.42 Å². The Hall–Kier alpha value is -1.99. The Morgan fingerprint density at radius 2 is 2.13 bits per heavy atom. The molecule has 0 saturated carbocycles. The maximum atomic E-state index is 8.19. The van der Waals surface area contributed by atoms with Crippen LogP contribution in [0.4, 0.5) is 0 Å². The second-order valence-corrected chi connectivity index (χ2v) is 6.43. The van der Waals surface area contributed by atoms with E-state index in [-0.39, 0.29) is 0 Å². The molecule has 0 atom stereocenters. The molecule has 7 heteroatoms. The molecule has 0 bridgehead atoms. The molecule has 1 aromatic heterocycles. The highest BCUT2D eigenvalue weighted by molar-refractivity contribution is 7.10. The molecule has 2 rings (SSSR count). The molecule has 23 heavy (non-hydrogen) atoms. The highest BCUT2D eigenvalue weighted by Gasteiger charge is 2.17. The smallest absolute Gasteiger partial charge is 0.149 e. The molecule has 0 unspecified atom stereocenters. The summed E-state index contributed by atoms with van der Waals surface area (Å²) in [6.07, 6.45) is 4.17. The number of likely N-dealkylation sites (N-methyl/N-ethyl adjacent to an activating group) is 1. The third kappa shape index (κ3) is 5.61. The van der Waals surface area contributed by atoms with E-state index in [1.165, 1.54) is 0 Å². The normalized spacial score (nSPS) is 17.9. The number of nitrogens with zero attached hydrogens (tertiary/aromatic N) is 4. The van der Waals surface area contributed by atoms with Gasteiger partial charge in [-0.2, -0.15) is 0 Å². The molecule has 3 N–H and O–H groups in total. The van der Waals surface area contributed by atoms with Gasteiger partial charge in [0.15, 0.2) is 0 Å². The first-order valence-corrected chi connectivity index (χ1v) is 8.49. The SMILES string of the molecule is CN=C(/C=C/c1cccs1)N=C(N)CC(=N)N1CCN(C)CC1. The number of hydrogen-bond acceptors (Lipinski definition) is 4. The minimum atomic E-state index is 0.357. The fourth-order valence-corrected chi connectivity index (χ4v) is 2.87. The van der Waals surface area contributed by atoms with Crippen LogP contribution in [0, 0.1) is 5.41 Å². The molecule has 1 aliphatic rings. The lowest BCUT2D eigenvalue weighted by Crippen LogP contribution is -2.47. The van der Waals surface area contributed by atoms with Crippen molar-refractivity contribution < 1.29 is 0 Å². The molecule has 1 saturated heterocycles. The van der Waals surface area contributed by atoms with Crippen LogP contribution in [-0.4, -0.2) is 67.6 Å². The van der Waals surface area contributed by atoms with Gasteiger partial charge in [0, 0.05) is 38.1 Å².